The third-order valence-electron chi connectivity index (χ3n) is 4.85. The van der Waals surface area contributed by atoms with Crippen molar-refractivity contribution in [2.75, 3.05) is 5.32 Å². The van der Waals surface area contributed by atoms with Gasteiger partial charge in [-0.2, -0.15) is 0 Å². The van der Waals surface area contributed by atoms with E-state index in [1.165, 1.54) is 18.5 Å². The van der Waals surface area contributed by atoms with E-state index in [-0.39, 0.29) is 5.91 Å². The van der Waals surface area contributed by atoms with Gasteiger partial charge >= 0.3 is 0 Å². The lowest BCUT2D eigenvalue weighted by Crippen LogP contribution is -2.14. The van der Waals surface area contributed by atoms with Gasteiger partial charge in [0.25, 0.3) is 5.91 Å². The Balaban J connectivity index is 1.62. The molecule has 4 rings (SSSR count). The van der Waals surface area contributed by atoms with Crippen molar-refractivity contribution < 1.29 is 4.79 Å². The summed E-state index contributed by atoms with van der Waals surface area (Å²) in [6, 6.07) is 9.58. The highest BCUT2D eigenvalue weighted by Gasteiger charge is 2.29. The van der Waals surface area contributed by atoms with Crippen LogP contribution in [-0.2, 0) is 7.05 Å². The van der Waals surface area contributed by atoms with Crippen molar-refractivity contribution in [2.45, 2.75) is 25.7 Å². The molecule has 3 heterocycles. The summed E-state index contributed by atoms with van der Waals surface area (Å²) in [4.78, 5) is 21.5. The maximum atomic E-state index is 12.8. The monoisotopic (exact) mass is 410 g/mol. The summed E-state index contributed by atoms with van der Waals surface area (Å²) in [6.45, 7) is 1.98. The smallest absolute Gasteiger partial charge is 0.258 e. The van der Waals surface area contributed by atoms with E-state index in [4.69, 9.17) is 0 Å². The third-order valence-corrected chi connectivity index (χ3v) is 5.48. The number of aromatic nitrogens is 3. The fraction of sp³-hybridized carbons (Fsp3) is 0.250. The minimum absolute atomic E-state index is 0.133. The second kappa shape index (κ2) is 6.68. The van der Waals surface area contributed by atoms with Crippen molar-refractivity contribution >= 4 is 27.7 Å². The first kappa shape index (κ1) is 17.0. The summed E-state index contributed by atoms with van der Waals surface area (Å²) in [6.07, 6.45) is 5.85. The average molecular weight is 411 g/mol. The maximum absolute atomic E-state index is 12.8. The van der Waals surface area contributed by atoms with Crippen LogP contribution < -0.4 is 5.32 Å². The Morgan fingerprint density at radius 2 is 2.08 bits per heavy atom. The fourth-order valence-electron chi connectivity index (χ4n) is 3.13. The molecule has 1 saturated carbocycles. The van der Waals surface area contributed by atoms with Gasteiger partial charge in [-0.3, -0.25) is 9.78 Å². The van der Waals surface area contributed by atoms with Crippen molar-refractivity contribution in [3.05, 3.63) is 64.1 Å². The predicted octanol–water partition coefficient (Wildman–Crippen LogP) is 4.68. The Kier molecular flexibility index (Phi) is 4.36. The van der Waals surface area contributed by atoms with Crippen molar-refractivity contribution in [3.63, 3.8) is 0 Å². The van der Waals surface area contributed by atoms with E-state index in [1.807, 2.05) is 44.3 Å². The Labute approximate surface area is 160 Å². The molecular weight excluding hydrogens is 392 g/mol. The van der Waals surface area contributed by atoms with Crippen LogP contribution in [0.2, 0.25) is 0 Å². The summed E-state index contributed by atoms with van der Waals surface area (Å²) in [5, 5.41) is 2.92. The molecular formula is C20H19BrN4O. The van der Waals surface area contributed by atoms with Crippen LogP contribution in [0.25, 0.3) is 11.3 Å². The molecule has 3 aromatic heterocycles. The van der Waals surface area contributed by atoms with Crippen LogP contribution in [0.3, 0.4) is 0 Å². The van der Waals surface area contributed by atoms with Crippen LogP contribution in [-0.4, -0.2) is 20.4 Å². The molecule has 5 nitrogen and oxygen atoms in total. The Bertz CT molecular complexity index is 977. The van der Waals surface area contributed by atoms with Gasteiger partial charge in [-0.25, -0.2) is 4.98 Å². The number of rotatable bonds is 4. The first-order chi connectivity index (χ1) is 12.5. The number of nitrogens with zero attached hydrogens (tertiary/aromatic N) is 3. The zero-order valence-corrected chi connectivity index (χ0v) is 16.2. The predicted molar refractivity (Wildman–Crippen MR) is 105 cm³/mol. The van der Waals surface area contributed by atoms with Crippen molar-refractivity contribution in [1.82, 2.24) is 14.5 Å². The van der Waals surface area contributed by atoms with E-state index >= 15 is 0 Å². The molecule has 1 N–H and O–H groups in total. The molecule has 26 heavy (non-hydrogen) atoms. The van der Waals surface area contributed by atoms with Crippen LogP contribution in [0.5, 0.6) is 0 Å². The highest BCUT2D eigenvalue weighted by Crippen LogP contribution is 2.41. The number of pyridine rings is 2. The number of carbonyl (C=O) groups excluding carboxylic acids is 1. The zero-order chi connectivity index (χ0) is 18.3. The molecule has 0 unspecified atom stereocenters. The molecule has 1 aliphatic carbocycles. The minimum Gasteiger partial charge on any atom is -0.351 e. The van der Waals surface area contributed by atoms with Crippen LogP contribution in [0.15, 0.2) is 47.2 Å². The molecule has 0 bridgehead atoms. The lowest BCUT2D eigenvalue weighted by molar-refractivity contribution is 0.102. The van der Waals surface area contributed by atoms with E-state index < -0.39 is 0 Å². The standard InChI is InChI=1S/C20H19BrN4O/c1-12-14(9-18(25(12)2)13-6-7-13)20(26)24-19-10-15(16(21)11-23-19)17-5-3-4-8-22-17/h3-5,8-11,13H,6-7H2,1-2H3,(H,23,24,26). The summed E-state index contributed by atoms with van der Waals surface area (Å²) >= 11 is 3.51. The molecule has 132 valence electrons. The molecule has 1 fully saturated rings. The van der Waals surface area contributed by atoms with Crippen LogP contribution in [0.4, 0.5) is 5.82 Å². The van der Waals surface area contributed by atoms with Gasteiger partial charge in [0, 0.05) is 40.9 Å². The number of hydrogen-bond acceptors (Lipinski definition) is 3. The average Bonchev–Trinajstić information content (AvgIpc) is 3.44. The third kappa shape index (κ3) is 3.17. The molecule has 0 saturated heterocycles. The van der Waals surface area contributed by atoms with Gasteiger partial charge in [0.05, 0.1) is 11.3 Å². The van der Waals surface area contributed by atoms with Gasteiger partial charge in [0.2, 0.25) is 0 Å². The number of amides is 1. The van der Waals surface area contributed by atoms with E-state index in [9.17, 15) is 4.79 Å². The number of nitrogens with one attached hydrogen (secondary N) is 1. The molecule has 0 aromatic carbocycles. The first-order valence-electron chi connectivity index (χ1n) is 8.59. The Hall–Kier alpha value is -2.47. The van der Waals surface area contributed by atoms with Gasteiger partial charge in [0.1, 0.15) is 5.82 Å². The van der Waals surface area contributed by atoms with E-state index in [0.29, 0.717) is 17.3 Å². The Morgan fingerprint density at radius 1 is 1.27 bits per heavy atom. The number of halogens is 1. The summed E-state index contributed by atoms with van der Waals surface area (Å²) in [5.41, 5.74) is 4.64. The topological polar surface area (TPSA) is 59.8 Å². The fourth-order valence-corrected chi connectivity index (χ4v) is 3.55. The number of carbonyl (C=O) groups is 1. The summed E-state index contributed by atoms with van der Waals surface area (Å²) in [5.74, 6) is 0.976. The van der Waals surface area contributed by atoms with Crippen LogP contribution in [0.1, 0.15) is 40.5 Å². The molecule has 3 aromatic rings. The summed E-state index contributed by atoms with van der Waals surface area (Å²) in [7, 11) is 2.02. The normalized spacial score (nSPS) is 13.7. The maximum Gasteiger partial charge on any atom is 0.258 e. The number of hydrogen-bond donors (Lipinski definition) is 1. The molecule has 6 heteroatoms. The van der Waals surface area contributed by atoms with Gasteiger partial charge < -0.3 is 9.88 Å². The lowest BCUT2D eigenvalue weighted by Gasteiger charge is -2.08. The number of anilines is 1. The molecule has 0 atom stereocenters. The van der Waals surface area contributed by atoms with Crippen LogP contribution >= 0.6 is 15.9 Å². The van der Waals surface area contributed by atoms with Gasteiger partial charge in [-0.05, 0) is 65.9 Å². The summed E-state index contributed by atoms with van der Waals surface area (Å²) < 4.78 is 2.96. The first-order valence-corrected chi connectivity index (χ1v) is 9.38. The van der Waals surface area contributed by atoms with Gasteiger partial charge in [-0.1, -0.05) is 6.07 Å². The highest BCUT2D eigenvalue weighted by atomic mass is 79.9. The van der Waals surface area contributed by atoms with E-state index in [0.717, 1.165) is 21.4 Å². The van der Waals surface area contributed by atoms with Gasteiger partial charge in [0.15, 0.2) is 0 Å². The molecule has 0 aliphatic heterocycles. The van der Waals surface area contributed by atoms with Crippen molar-refractivity contribution in [3.8, 4) is 11.3 Å². The second-order valence-corrected chi connectivity index (χ2v) is 7.47. The highest BCUT2D eigenvalue weighted by molar-refractivity contribution is 9.10. The van der Waals surface area contributed by atoms with Crippen LogP contribution in [0, 0.1) is 6.92 Å². The van der Waals surface area contributed by atoms with E-state index in [2.05, 4.69) is 35.8 Å². The zero-order valence-electron chi connectivity index (χ0n) is 14.7. The quantitative estimate of drug-likeness (QED) is 0.678. The Morgan fingerprint density at radius 3 is 2.77 bits per heavy atom. The SMILES string of the molecule is Cc1c(C(=O)Nc2cc(-c3ccccn3)c(Br)cn2)cc(C2CC2)n1C. The van der Waals surface area contributed by atoms with Crippen molar-refractivity contribution in [2.24, 2.45) is 7.05 Å². The molecule has 0 radical (unpaired) electrons. The second-order valence-electron chi connectivity index (χ2n) is 6.62. The minimum atomic E-state index is -0.133. The van der Waals surface area contributed by atoms with Gasteiger partial charge in [-0.15, -0.1) is 0 Å². The molecule has 0 spiro atoms. The lowest BCUT2D eigenvalue weighted by atomic mass is 10.1. The molecule has 1 amide bonds. The molecule has 1 aliphatic rings. The van der Waals surface area contributed by atoms with Crippen molar-refractivity contribution in [1.29, 1.82) is 0 Å². The van der Waals surface area contributed by atoms with E-state index in [1.54, 1.807) is 12.4 Å². The largest absolute Gasteiger partial charge is 0.351 e.